The summed E-state index contributed by atoms with van der Waals surface area (Å²) in [4.78, 5) is 38.2. The predicted octanol–water partition coefficient (Wildman–Crippen LogP) is 0.815. The molecule has 1 unspecified atom stereocenters. The van der Waals surface area contributed by atoms with E-state index in [1.807, 2.05) is 12.1 Å². The van der Waals surface area contributed by atoms with Gasteiger partial charge in [0.25, 0.3) is 5.91 Å². The van der Waals surface area contributed by atoms with Gasteiger partial charge in [0.05, 0.1) is 24.6 Å². The summed E-state index contributed by atoms with van der Waals surface area (Å²) >= 11 is 0. The lowest BCUT2D eigenvalue weighted by Crippen LogP contribution is -2.52. The standard InChI is InChI=1S/C22H26N6O4/c23-14-2-5-17(6-3-14)32-12-15-11-28(26-25-15)16-4-1-13-10-27(22(31)18(13)9-16)19-7-8-20(29)24-21(19)30/h1,4,9,11,14,17,19H,2-3,5-8,10,12,23H2,(H,24,29,30). The number of fused-ring (bicyclic) bond motifs is 1. The summed E-state index contributed by atoms with van der Waals surface area (Å²) in [6.45, 7) is 0.731. The molecule has 10 heteroatoms. The highest BCUT2D eigenvalue weighted by Gasteiger charge is 2.39. The fraction of sp³-hybridized carbons (Fsp3) is 0.500. The number of imide groups is 1. The number of carbonyl (C=O) groups is 3. The Balaban J connectivity index is 1.26. The van der Waals surface area contributed by atoms with Crippen LogP contribution >= 0.6 is 0 Å². The molecule has 10 nitrogen and oxygen atoms in total. The number of nitrogens with zero attached hydrogens (tertiary/aromatic N) is 4. The number of piperidine rings is 1. The Kier molecular flexibility index (Phi) is 5.48. The number of carbonyl (C=O) groups excluding carboxylic acids is 3. The van der Waals surface area contributed by atoms with Crippen molar-refractivity contribution in [1.29, 1.82) is 0 Å². The van der Waals surface area contributed by atoms with Gasteiger partial charge in [0, 0.05) is 24.6 Å². The third kappa shape index (κ3) is 4.03. The maximum atomic E-state index is 13.0. The number of benzene rings is 1. The zero-order valence-corrected chi connectivity index (χ0v) is 17.7. The molecule has 1 saturated heterocycles. The van der Waals surface area contributed by atoms with E-state index in [0.717, 1.165) is 36.9 Å². The summed E-state index contributed by atoms with van der Waals surface area (Å²) in [6.07, 6.45) is 6.48. The second kappa shape index (κ2) is 8.44. The van der Waals surface area contributed by atoms with Gasteiger partial charge in [-0.1, -0.05) is 11.3 Å². The fourth-order valence-corrected chi connectivity index (χ4v) is 4.63. The number of aromatic nitrogens is 3. The van der Waals surface area contributed by atoms with Gasteiger partial charge in [0.1, 0.15) is 11.7 Å². The molecule has 1 atom stereocenters. The van der Waals surface area contributed by atoms with Crippen LogP contribution < -0.4 is 11.1 Å². The maximum Gasteiger partial charge on any atom is 0.255 e. The van der Waals surface area contributed by atoms with Crippen LogP contribution in [0.2, 0.25) is 0 Å². The van der Waals surface area contributed by atoms with E-state index in [4.69, 9.17) is 10.5 Å². The quantitative estimate of drug-likeness (QED) is 0.660. The van der Waals surface area contributed by atoms with Crippen molar-refractivity contribution in [3.63, 3.8) is 0 Å². The summed E-state index contributed by atoms with van der Waals surface area (Å²) < 4.78 is 7.59. The van der Waals surface area contributed by atoms with Gasteiger partial charge in [0.2, 0.25) is 11.8 Å². The highest BCUT2D eigenvalue weighted by atomic mass is 16.5. The molecule has 168 valence electrons. The SMILES string of the molecule is NC1CCC(OCc2cn(-c3ccc4c(c3)C(=O)N(C3CCC(=O)NC3=O)C4)nn2)CC1. The van der Waals surface area contributed by atoms with Crippen LogP contribution in [0, 0.1) is 0 Å². The molecule has 0 radical (unpaired) electrons. The van der Waals surface area contributed by atoms with E-state index in [1.54, 1.807) is 16.9 Å². The first kappa shape index (κ1) is 20.8. The molecular formula is C22H26N6O4. The number of ether oxygens (including phenoxy) is 1. The Morgan fingerprint density at radius 1 is 1.12 bits per heavy atom. The number of amides is 3. The Labute approximate surface area is 185 Å². The first-order valence-corrected chi connectivity index (χ1v) is 11.0. The average Bonchev–Trinajstić information content (AvgIpc) is 3.38. The predicted molar refractivity (Wildman–Crippen MR) is 112 cm³/mol. The van der Waals surface area contributed by atoms with Crippen molar-refractivity contribution in [1.82, 2.24) is 25.2 Å². The number of hydrogen-bond acceptors (Lipinski definition) is 7. The van der Waals surface area contributed by atoms with Gasteiger partial charge in [-0.3, -0.25) is 19.7 Å². The van der Waals surface area contributed by atoms with Crippen LogP contribution in [0.5, 0.6) is 0 Å². The topological polar surface area (TPSA) is 132 Å². The summed E-state index contributed by atoms with van der Waals surface area (Å²) in [7, 11) is 0. The molecular weight excluding hydrogens is 412 g/mol. The summed E-state index contributed by atoms with van der Waals surface area (Å²) in [5.41, 5.74) is 8.76. The van der Waals surface area contributed by atoms with Crippen LogP contribution in [0.15, 0.2) is 24.4 Å². The number of nitrogens with one attached hydrogen (secondary N) is 1. The molecule has 0 bridgehead atoms. The minimum absolute atomic E-state index is 0.204. The van der Waals surface area contributed by atoms with Crippen molar-refractivity contribution < 1.29 is 19.1 Å². The fourth-order valence-electron chi connectivity index (χ4n) is 4.63. The van der Waals surface area contributed by atoms with Crippen molar-refractivity contribution >= 4 is 17.7 Å². The van der Waals surface area contributed by atoms with E-state index in [2.05, 4.69) is 15.6 Å². The first-order valence-electron chi connectivity index (χ1n) is 11.0. The van der Waals surface area contributed by atoms with Crippen molar-refractivity contribution in [3.8, 4) is 5.69 Å². The molecule has 2 aliphatic heterocycles. The highest BCUT2D eigenvalue weighted by molar-refractivity contribution is 6.05. The molecule has 3 aliphatic rings. The zero-order valence-electron chi connectivity index (χ0n) is 17.7. The third-order valence-electron chi connectivity index (χ3n) is 6.50. The largest absolute Gasteiger partial charge is 0.372 e. The summed E-state index contributed by atoms with van der Waals surface area (Å²) in [5.74, 6) is -0.922. The van der Waals surface area contributed by atoms with Gasteiger partial charge >= 0.3 is 0 Å². The number of rotatable bonds is 5. The lowest BCUT2D eigenvalue weighted by atomic mass is 9.94. The minimum Gasteiger partial charge on any atom is -0.372 e. The molecule has 0 spiro atoms. The van der Waals surface area contributed by atoms with Gasteiger partial charge in [-0.25, -0.2) is 4.68 Å². The van der Waals surface area contributed by atoms with Gasteiger partial charge in [-0.05, 0) is 49.8 Å². The van der Waals surface area contributed by atoms with E-state index >= 15 is 0 Å². The van der Waals surface area contributed by atoms with E-state index in [-0.39, 0.29) is 30.4 Å². The first-order chi connectivity index (χ1) is 15.5. The molecule has 3 amide bonds. The summed E-state index contributed by atoms with van der Waals surface area (Å²) in [5, 5.41) is 10.7. The van der Waals surface area contributed by atoms with Gasteiger partial charge in [0.15, 0.2) is 0 Å². The molecule has 3 heterocycles. The number of hydrogen-bond donors (Lipinski definition) is 2. The molecule has 1 aromatic carbocycles. The molecule has 1 saturated carbocycles. The lowest BCUT2D eigenvalue weighted by Gasteiger charge is -2.29. The van der Waals surface area contributed by atoms with E-state index < -0.39 is 11.9 Å². The number of nitrogens with two attached hydrogens (primary N) is 1. The second-order valence-electron chi connectivity index (χ2n) is 8.74. The smallest absolute Gasteiger partial charge is 0.255 e. The monoisotopic (exact) mass is 438 g/mol. The van der Waals surface area contributed by atoms with Gasteiger partial charge < -0.3 is 15.4 Å². The summed E-state index contributed by atoms with van der Waals surface area (Å²) in [6, 6.07) is 5.18. The van der Waals surface area contributed by atoms with Crippen molar-refractivity contribution in [3.05, 3.63) is 41.2 Å². The van der Waals surface area contributed by atoms with E-state index in [1.165, 1.54) is 4.90 Å². The molecule has 5 rings (SSSR count). The van der Waals surface area contributed by atoms with Crippen LogP contribution in [-0.2, 0) is 27.5 Å². The molecule has 1 aliphatic carbocycles. The Morgan fingerprint density at radius 2 is 1.94 bits per heavy atom. The average molecular weight is 438 g/mol. The van der Waals surface area contributed by atoms with Crippen LogP contribution in [-0.4, -0.2) is 55.8 Å². The van der Waals surface area contributed by atoms with Crippen molar-refractivity contribution in [2.45, 2.75) is 69.9 Å². The molecule has 32 heavy (non-hydrogen) atoms. The van der Waals surface area contributed by atoms with Crippen LogP contribution in [0.25, 0.3) is 5.69 Å². The lowest BCUT2D eigenvalue weighted by molar-refractivity contribution is -0.136. The van der Waals surface area contributed by atoms with Gasteiger partial charge in [-0.15, -0.1) is 5.10 Å². The molecule has 2 aromatic rings. The van der Waals surface area contributed by atoms with Crippen LogP contribution in [0.3, 0.4) is 0 Å². The van der Waals surface area contributed by atoms with E-state index in [0.29, 0.717) is 30.8 Å². The highest BCUT2D eigenvalue weighted by Crippen LogP contribution is 2.29. The molecule has 2 fully saturated rings. The Bertz CT molecular complexity index is 1060. The molecule has 1 aromatic heterocycles. The Hall–Kier alpha value is -3.11. The van der Waals surface area contributed by atoms with E-state index in [9.17, 15) is 14.4 Å². The van der Waals surface area contributed by atoms with Crippen molar-refractivity contribution in [2.75, 3.05) is 0 Å². The third-order valence-corrected chi connectivity index (χ3v) is 6.50. The zero-order chi connectivity index (χ0) is 22.2. The minimum atomic E-state index is -0.625. The normalized spacial score (nSPS) is 25.7. The second-order valence-corrected chi connectivity index (χ2v) is 8.74. The maximum absolute atomic E-state index is 13.0. The van der Waals surface area contributed by atoms with Crippen LogP contribution in [0.1, 0.15) is 60.1 Å². The van der Waals surface area contributed by atoms with Crippen molar-refractivity contribution in [2.24, 2.45) is 5.73 Å². The van der Waals surface area contributed by atoms with Gasteiger partial charge in [-0.2, -0.15) is 0 Å². The Morgan fingerprint density at radius 3 is 2.72 bits per heavy atom. The molecule has 3 N–H and O–H groups in total. The van der Waals surface area contributed by atoms with Crippen LogP contribution in [0.4, 0.5) is 0 Å².